The summed E-state index contributed by atoms with van der Waals surface area (Å²) in [5, 5.41) is 4.38. The molecule has 2 saturated heterocycles. The van der Waals surface area contributed by atoms with Crippen LogP contribution in [-0.4, -0.2) is 59.3 Å². The molecule has 0 bridgehead atoms. The number of hydrogen-bond acceptors (Lipinski definition) is 4. The van der Waals surface area contributed by atoms with E-state index in [0.717, 1.165) is 43.1 Å². The molecule has 0 spiro atoms. The molecule has 2 fully saturated rings. The molecule has 2 aliphatic rings. The third-order valence-electron chi connectivity index (χ3n) is 7.55. The largest absolute Gasteiger partial charge is 0.339 e. The van der Waals surface area contributed by atoms with Gasteiger partial charge in [-0.05, 0) is 79.8 Å². The fraction of sp³-hybridized carbons (Fsp3) is 0.462. The number of fused-ring (bicyclic) bond motifs is 1. The first kappa shape index (κ1) is 23.9. The molecule has 1 amide bonds. The van der Waals surface area contributed by atoms with Gasteiger partial charge in [-0.25, -0.2) is 17.3 Å². The average molecular weight is 499 g/mol. The van der Waals surface area contributed by atoms with E-state index in [0.29, 0.717) is 43.0 Å². The monoisotopic (exact) mass is 498 g/mol. The SMILES string of the molecule is Cc1ccc(S(=O)(=O)N2CCC(c3ccn4ncc(C(=O)N5CCC(C)CC5)c4c3)CC2)cc1F. The summed E-state index contributed by atoms with van der Waals surface area (Å²) in [6.07, 6.45) is 6.88. The van der Waals surface area contributed by atoms with Gasteiger partial charge in [0, 0.05) is 32.4 Å². The topological polar surface area (TPSA) is 75.0 Å². The van der Waals surface area contributed by atoms with E-state index in [1.807, 2.05) is 23.2 Å². The molecule has 5 rings (SSSR count). The molecule has 4 heterocycles. The van der Waals surface area contributed by atoms with Gasteiger partial charge in [0.25, 0.3) is 5.91 Å². The lowest BCUT2D eigenvalue weighted by atomic mass is 9.90. The van der Waals surface area contributed by atoms with Gasteiger partial charge in [-0.2, -0.15) is 9.40 Å². The Bertz CT molecular complexity index is 1350. The van der Waals surface area contributed by atoms with Crippen LogP contribution in [-0.2, 0) is 10.0 Å². The predicted molar refractivity (Wildman–Crippen MR) is 131 cm³/mol. The molecule has 2 aromatic heterocycles. The van der Waals surface area contributed by atoms with Crippen LogP contribution in [0.2, 0.25) is 0 Å². The molecule has 9 heteroatoms. The molecule has 2 aliphatic heterocycles. The van der Waals surface area contributed by atoms with Crippen molar-refractivity contribution in [1.82, 2.24) is 18.8 Å². The maximum atomic E-state index is 14.0. The molecule has 3 aromatic rings. The first-order chi connectivity index (χ1) is 16.7. The summed E-state index contributed by atoms with van der Waals surface area (Å²) in [4.78, 5) is 15.1. The molecular weight excluding hydrogens is 467 g/mol. The third-order valence-corrected chi connectivity index (χ3v) is 9.45. The summed E-state index contributed by atoms with van der Waals surface area (Å²) in [5.41, 5.74) is 2.91. The Balaban J connectivity index is 1.31. The third kappa shape index (κ3) is 4.59. The highest BCUT2D eigenvalue weighted by Gasteiger charge is 2.31. The van der Waals surface area contributed by atoms with E-state index in [1.165, 1.54) is 16.4 Å². The van der Waals surface area contributed by atoms with Crippen LogP contribution in [0.4, 0.5) is 4.39 Å². The molecule has 186 valence electrons. The number of carbonyl (C=O) groups excluding carboxylic acids is 1. The van der Waals surface area contributed by atoms with Crippen LogP contribution in [0.1, 0.15) is 60.0 Å². The van der Waals surface area contributed by atoms with Crippen LogP contribution in [0.3, 0.4) is 0 Å². The summed E-state index contributed by atoms with van der Waals surface area (Å²) in [6.45, 7) is 6.11. The molecule has 35 heavy (non-hydrogen) atoms. The first-order valence-corrected chi connectivity index (χ1v) is 13.7. The van der Waals surface area contributed by atoms with Crippen LogP contribution in [0.15, 0.2) is 47.6 Å². The normalized spacial score (nSPS) is 18.9. The second-order valence-electron chi connectivity index (χ2n) is 9.91. The zero-order chi connectivity index (χ0) is 24.7. The molecule has 0 unspecified atom stereocenters. The number of carbonyl (C=O) groups is 1. The van der Waals surface area contributed by atoms with Crippen molar-refractivity contribution < 1.29 is 17.6 Å². The van der Waals surface area contributed by atoms with Crippen LogP contribution in [0.5, 0.6) is 0 Å². The van der Waals surface area contributed by atoms with E-state index in [9.17, 15) is 17.6 Å². The van der Waals surface area contributed by atoms with Gasteiger partial charge in [-0.15, -0.1) is 0 Å². The number of amides is 1. The molecule has 1 aromatic carbocycles. The zero-order valence-corrected chi connectivity index (χ0v) is 21.0. The maximum Gasteiger partial charge on any atom is 0.257 e. The van der Waals surface area contributed by atoms with E-state index in [2.05, 4.69) is 12.0 Å². The Hall–Kier alpha value is -2.78. The lowest BCUT2D eigenvalue weighted by Crippen LogP contribution is -2.38. The average Bonchev–Trinajstić information content (AvgIpc) is 3.29. The van der Waals surface area contributed by atoms with E-state index in [-0.39, 0.29) is 16.7 Å². The number of hydrogen-bond donors (Lipinski definition) is 0. The van der Waals surface area contributed by atoms with Gasteiger partial charge >= 0.3 is 0 Å². The maximum absolute atomic E-state index is 14.0. The summed E-state index contributed by atoms with van der Waals surface area (Å²) >= 11 is 0. The van der Waals surface area contributed by atoms with Crippen molar-refractivity contribution in [3.05, 3.63) is 65.2 Å². The van der Waals surface area contributed by atoms with E-state index < -0.39 is 15.8 Å². The van der Waals surface area contributed by atoms with Crippen LogP contribution in [0, 0.1) is 18.7 Å². The van der Waals surface area contributed by atoms with Crippen LogP contribution >= 0.6 is 0 Å². The van der Waals surface area contributed by atoms with Gasteiger partial charge in [0.2, 0.25) is 10.0 Å². The molecule has 0 N–H and O–H groups in total. The van der Waals surface area contributed by atoms with Crippen molar-refractivity contribution in [3.8, 4) is 0 Å². The van der Waals surface area contributed by atoms with Crippen molar-refractivity contribution in [2.75, 3.05) is 26.2 Å². The van der Waals surface area contributed by atoms with Crippen molar-refractivity contribution >= 4 is 21.4 Å². The lowest BCUT2D eigenvalue weighted by Gasteiger charge is -2.31. The quantitative estimate of drug-likeness (QED) is 0.540. The summed E-state index contributed by atoms with van der Waals surface area (Å²) in [5.74, 6) is 0.332. The first-order valence-electron chi connectivity index (χ1n) is 12.3. The molecule has 0 saturated carbocycles. The Labute approximate surface area is 205 Å². The van der Waals surface area contributed by atoms with Gasteiger partial charge in [-0.3, -0.25) is 4.79 Å². The Morgan fingerprint density at radius 2 is 1.74 bits per heavy atom. The summed E-state index contributed by atoms with van der Waals surface area (Å²) in [6, 6.07) is 8.10. The number of rotatable bonds is 4. The minimum Gasteiger partial charge on any atom is -0.339 e. The molecule has 0 radical (unpaired) electrons. The predicted octanol–water partition coefficient (Wildman–Crippen LogP) is 4.22. The number of piperidine rings is 2. The highest BCUT2D eigenvalue weighted by Crippen LogP contribution is 2.32. The number of likely N-dealkylation sites (tertiary alicyclic amines) is 1. The van der Waals surface area contributed by atoms with Crippen molar-refractivity contribution in [2.24, 2.45) is 5.92 Å². The van der Waals surface area contributed by atoms with Gasteiger partial charge in [-0.1, -0.05) is 13.0 Å². The minimum atomic E-state index is -3.74. The fourth-order valence-corrected chi connectivity index (χ4v) is 6.59. The Morgan fingerprint density at radius 3 is 2.43 bits per heavy atom. The fourth-order valence-electron chi connectivity index (χ4n) is 5.11. The number of halogens is 1. The second-order valence-corrected chi connectivity index (χ2v) is 11.9. The van der Waals surface area contributed by atoms with Crippen LogP contribution in [0.25, 0.3) is 5.52 Å². The van der Waals surface area contributed by atoms with Gasteiger partial charge in [0.15, 0.2) is 0 Å². The second kappa shape index (κ2) is 9.35. The Kier molecular flexibility index (Phi) is 6.40. The van der Waals surface area contributed by atoms with Crippen molar-refractivity contribution in [1.29, 1.82) is 0 Å². The molecule has 7 nitrogen and oxygen atoms in total. The number of sulfonamides is 1. The number of benzene rings is 1. The van der Waals surface area contributed by atoms with Crippen LogP contribution < -0.4 is 0 Å². The molecule has 0 atom stereocenters. The zero-order valence-electron chi connectivity index (χ0n) is 20.2. The van der Waals surface area contributed by atoms with E-state index >= 15 is 0 Å². The van der Waals surface area contributed by atoms with Gasteiger partial charge < -0.3 is 4.90 Å². The number of aryl methyl sites for hydroxylation is 1. The molecular formula is C26H31FN4O3S. The highest BCUT2D eigenvalue weighted by molar-refractivity contribution is 7.89. The van der Waals surface area contributed by atoms with Crippen molar-refractivity contribution in [3.63, 3.8) is 0 Å². The number of aromatic nitrogens is 2. The summed E-state index contributed by atoms with van der Waals surface area (Å²) in [7, 11) is -3.74. The van der Waals surface area contributed by atoms with E-state index in [1.54, 1.807) is 17.6 Å². The van der Waals surface area contributed by atoms with E-state index in [4.69, 9.17) is 0 Å². The number of nitrogens with zero attached hydrogens (tertiary/aromatic N) is 4. The Morgan fingerprint density at radius 1 is 1.03 bits per heavy atom. The van der Waals surface area contributed by atoms with Gasteiger partial charge in [0.1, 0.15) is 5.82 Å². The summed E-state index contributed by atoms with van der Waals surface area (Å²) < 4.78 is 43.2. The highest BCUT2D eigenvalue weighted by atomic mass is 32.2. The lowest BCUT2D eigenvalue weighted by molar-refractivity contribution is 0.0699. The van der Waals surface area contributed by atoms with Gasteiger partial charge in [0.05, 0.1) is 22.2 Å². The standard InChI is InChI=1S/C26H31FN4O3S/c1-18-5-10-29(11-6-18)26(32)23-17-28-31-14-9-21(15-25(23)31)20-7-12-30(13-8-20)35(33,34)22-4-3-19(2)24(27)16-22/h3-4,9,14-18,20H,5-8,10-13H2,1-2H3. The number of pyridine rings is 1. The minimum absolute atomic E-state index is 0.00464. The molecule has 0 aliphatic carbocycles. The smallest absolute Gasteiger partial charge is 0.257 e. The van der Waals surface area contributed by atoms with Crippen molar-refractivity contribution in [2.45, 2.75) is 50.3 Å².